The van der Waals surface area contributed by atoms with Gasteiger partial charge in [0.1, 0.15) is 5.82 Å². The lowest BCUT2D eigenvalue weighted by atomic mass is 10.1. The molecule has 0 saturated heterocycles. The fraction of sp³-hybridized carbons (Fsp3) is 0.417. The molecule has 1 aromatic carbocycles. The molecule has 0 fully saturated rings. The number of carbonyl (C=O) groups excluding carboxylic acids is 1. The summed E-state index contributed by atoms with van der Waals surface area (Å²) in [6.45, 7) is 2.21. The molecule has 0 aliphatic rings. The molecular weight excluding hydrogens is 264 g/mol. The Bertz CT molecular complexity index is 446. The van der Waals surface area contributed by atoms with Gasteiger partial charge in [-0.15, -0.1) is 0 Å². The second-order valence-electron chi connectivity index (χ2n) is 4.01. The molecule has 2 N–H and O–H groups in total. The Morgan fingerprint density at radius 1 is 1.21 bits per heavy atom. The Morgan fingerprint density at radius 3 is 2.47 bits per heavy atom. The van der Waals surface area contributed by atoms with Crippen LogP contribution in [0.4, 0.5) is 17.6 Å². The standard InChI is InChI=1S/C12H14F4N2O/c1-8(19)18-3-2-17-7-9-4-10(12(14,15)16)6-11(13)5-9/h4-6,17H,2-3,7H2,1H3,(H,18,19). The van der Waals surface area contributed by atoms with E-state index < -0.39 is 17.6 Å². The van der Waals surface area contributed by atoms with Crippen LogP contribution >= 0.6 is 0 Å². The minimum atomic E-state index is -4.56. The Labute approximate surface area is 108 Å². The summed E-state index contributed by atoms with van der Waals surface area (Å²) in [5.41, 5.74) is -0.804. The van der Waals surface area contributed by atoms with Crippen molar-refractivity contribution in [3.05, 3.63) is 35.1 Å². The summed E-state index contributed by atoms with van der Waals surface area (Å²) in [4.78, 5) is 10.6. The highest BCUT2D eigenvalue weighted by molar-refractivity contribution is 5.72. The van der Waals surface area contributed by atoms with Crippen molar-refractivity contribution in [2.75, 3.05) is 13.1 Å². The summed E-state index contributed by atoms with van der Waals surface area (Å²) in [7, 11) is 0. The lowest BCUT2D eigenvalue weighted by Gasteiger charge is -2.10. The van der Waals surface area contributed by atoms with Crippen molar-refractivity contribution in [3.8, 4) is 0 Å². The number of halogens is 4. The zero-order valence-corrected chi connectivity index (χ0v) is 10.3. The van der Waals surface area contributed by atoms with Gasteiger partial charge in [0, 0.05) is 26.6 Å². The van der Waals surface area contributed by atoms with Crippen LogP contribution in [-0.4, -0.2) is 19.0 Å². The number of hydrogen-bond acceptors (Lipinski definition) is 2. The Kier molecular flexibility index (Phi) is 5.29. The van der Waals surface area contributed by atoms with E-state index in [1.807, 2.05) is 0 Å². The minimum Gasteiger partial charge on any atom is -0.355 e. The van der Waals surface area contributed by atoms with Gasteiger partial charge in [0.2, 0.25) is 5.91 Å². The van der Waals surface area contributed by atoms with Crippen molar-refractivity contribution in [3.63, 3.8) is 0 Å². The molecule has 0 aliphatic heterocycles. The second kappa shape index (κ2) is 6.51. The van der Waals surface area contributed by atoms with Crippen LogP contribution in [0.2, 0.25) is 0 Å². The summed E-state index contributed by atoms with van der Waals surface area (Å²) in [5, 5.41) is 5.34. The first-order valence-electron chi connectivity index (χ1n) is 5.61. The van der Waals surface area contributed by atoms with Crippen molar-refractivity contribution in [2.24, 2.45) is 0 Å². The summed E-state index contributed by atoms with van der Waals surface area (Å²) in [6, 6.07) is 2.40. The van der Waals surface area contributed by atoms with E-state index in [1.54, 1.807) is 0 Å². The van der Waals surface area contributed by atoms with Gasteiger partial charge in [0.05, 0.1) is 5.56 Å². The maximum atomic E-state index is 13.1. The molecule has 0 saturated carbocycles. The van der Waals surface area contributed by atoms with Gasteiger partial charge in [-0.2, -0.15) is 13.2 Å². The fourth-order valence-electron chi connectivity index (χ4n) is 1.48. The number of hydrogen-bond donors (Lipinski definition) is 2. The monoisotopic (exact) mass is 278 g/mol. The van der Waals surface area contributed by atoms with Crippen LogP contribution in [0.5, 0.6) is 0 Å². The summed E-state index contributed by atoms with van der Waals surface area (Å²) in [6.07, 6.45) is -4.56. The smallest absolute Gasteiger partial charge is 0.355 e. The van der Waals surface area contributed by atoms with Crippen LogP contribution in [0.15, 0.2) is 18.2 Å². The lowest BCUT2D eigenvalue weighted by molar-refractivity contribution is -0.137. The van der Waals surface area contributed by atoms with E-state index in [1.165, 1.54) is 6.92 Å². The molecule has 1 amide bonds. The first kappa shape index (κ1) is 15.4. The lowest BCUT2D eigenvalue weighted by Crippen LogP contribution is -2.30. The van der Waals surface area contributed by atoms with E-state index in [0.29, 0.717) is 19.2 Å². The molecule has 0 radical (unpaired) electrons. The van der Waals surface area contributed by atoms with Gasteiger partial charge >= 0.3 is 6.18 Å². The normalized spacial score (nSPS) is 11.4. The van der Waals surface area contributed by atoms with Gasteiger partial charge in [-0.05, 0) is 23.8 Å². The predicted octanol–water partition coefficient (Wildman–Crippen LogP) is 2.07. The zero-order valence-electron chi connectivity index (χ0n) is 10.3. The van der Waals surface area contributed by atoms with Gasteiger partial charge in [-0.25, -0.2) is 4.39 Å². The zero-order chi connectivity index (χ0) is 14.5. The highest BCUT2D eigenvalue weighted by atomic mass is 19.4. The molecule has 0 heterocycles. The molecule has 7 heteroatoms. The van der Waals surface area contributed by atoms with Crippen LogP contribution in [0, 0.1) is 5.82 Å². The fourth-order valence-corrected chi connectivity index (χ4v) is 1.48. The molecule has 1 rings (SSSR count). The van der Waals surface area contributed by atoms with Gasteiger partial charge in [0.15, 0.2) is 0 Å². The summed E-state index contributed by atoms with van der Waals surface area (Å²) >= 11 is 0. The van der Waals surface area contributed by atoms with Crippen molar-refractivity contribution in [1.82, 2.24) is 10.6 Å². The van der Waals surface area contributed by atoms with E-state index in [-0.39, 0.29) is 18.0 Å². The molecule has 1 aromatic rings. The first-order chi connectivity index (χ1) is 8.79. The number of carbonyl (C=O) groups is 1. The van der Waals surface area contributed by atoms with Crippen molar-refractivity contribution in [2.45, 2.75) is 19.6 Å². The number of benzene rings is 1. The molecule has 0 aromatic heterocycles. The topological polar surface area (TPSA) is 41.1 Å². The summed E-state index contributed by atoms with van der Waals surface area (Å²) in [5.74, 6) is -1.11. The Balaban J connectivity index is 2.54. The second-order valence-corrected chi connectivity index (χ2v) is 4.01. The van der Waals surface area contributed by atoms with E-state index in [0.717, 1.165) is 12.1 Å². The van der Waals surface area contributed by atoms with Gasteiger partial charge in [-0.3, -0.25) is 4.79 Å². The van der Waals surface area contributed by atoms with Crippen LogP contribution in [-0.2, 0) is 17.5 Å². The molecule has 0 bridgehead atoms. The molecule has 106 valence electrons. The predicted molar refractivity (Wildman–Crippen MR) is 61.8 cm³/mol. The van der Waals surface area contributed by atoms with E-state index in [9.17, 15) is 22.4 Å². The average Bonchev–Trinajstić information content (AvgIpc) is 2.26. The third-order valence-corrected chi connectivity index (χ3v) is 2.29. The van der Waals surface area contributed by atoms with Crippen molar-refractivity contribution < 1.29 is 22.4 Å². The molecule has 0 spiro atoms. The quantitative estimate of drug-likeness (QED) is 0.639. The third kappa shape index (κ3) is 5.69. The largest absolute Gasteiger partial charge is 0.416 e. The molecule has 19 heavy (non-hydrogen) atoms. The van der Waals surface area contributed by atoms with E-state index in [4.69, 9.17) is 0 Å². The number of alkyl halides is 3. The maximum absolute atomic E-state index is 13.1. The van der Waals surface area contributed by atoms with Crippen molar-refractivity contribution >= 4 is 5.91 Å². The molecule has 0 atom stereocenters. The number of amides is 1. The molecule has 0 unspecified atom stereocenters. The van der Waals surface area contributed by atoms with Crippen LogP contribution in [0.1, 0.15) is 18.1 Å². The van der Waals surface area contributed by atoms with Crippen LogP contribution in [0.3, 0.4) is 0 Å². The SMILES string of the molecule is CC(=O)NCCNCc1cc(F)cc(C(F)(F)F)c1. The highest BCUT2D eigenvalue weighted by Gasteiger charge is 2.31. The first-order valence-corrected chi connectivity index (χ1v) is 5.61. The number of nitrogens with one attached hydrogen (secondary N) is 2. The van der Waals surface area contributed by atoms with Crippen LogP contribution < -0.4 is 10.6 Å². The maximum Gasteiger partial charge on any atom is 0.416 e. The average molecular weight is 278 g/mol. The molecular formula is C12H14F4N2O. The molecule has 0 aliphatic carbocycles. The van der Waals surface area contributed by atoms with Gasteiger partial charge in [0.25, 0.3) is 0 Å². The Hall–Kier alpha value is -1.63. The van der Waals surface area contributed by atoms with Gasteiger partial charge in [-0.1, -0.05) is 0 Å². The van der Waals surface area contributed by atoms with E-state index >= 15 is 0 Å². The summed E-state index contributed by atoms with van der Waals surface area (Å²) < 4.78 is 50.4. The van der Waals surface area contributed by atoms with E-state index in [2.05, 4.69) is 10.6 Å². The third-order valence-electron chi connectivity index (χ3n) is 2.29. The number of rotatable bonds is 5. The molecule has 3 nitrogen and oxygen atoms in total. The minimum absolute atomic E-state index is 0.0976. The van der Waals surface area contributed by atoms with Crippen LogP contribution in [0.25, 0.3) is 0 Å². The van der Waals surface area contributed by atoms with Crippen molar-refractivity contribution in [1.29, 1.82) is 0 Å². The Morgan fingerprint density at radius 2 is 1.89 bits per heavy atom. The van der Waals surface area contributed by atoms with Gasteiger partial charge < -0.3 is 10.6 Å². The highest BCUT2D eigenvalue weighted by Crippen LogP contribution is 2.30.